The van der Waals surface area contributed by atoms with E-state index in [-0.39, 0.29) is 17.8 Å². The van der Waals surface area contributed by atoms with Crippen molar-refractivity contribution in [3.8, 4) is 5.69 Å². The number of halogens is 1. The molecule has 0 saturated heterocycles. The lowest BCUT2D eigenvalue weighted by atomic mass is 10.3. The zero-order chi connectivity index (χ0) is 14.9. The van der Waals surface area contributed by atoms with E-state index in [1.807, 2.05) is 32.9 Å². The van der Waals surface area contributed by atoms with Gasteiger partial charge in [-0.05, 0) is 45.0 Å². The number of hydrogen-bond acceptors (Lipinski definition) is 3. The standard InChI is InChI=1S/C14H17ClN4O/c1-9(2)18(4)14(20)13-16-10(3)19(17-13)12-7-5-11(15)6-8-12/h5-9H,1-4H3. The highest BCUT2D eigenvalue weighted by Gasteiger charge is 2.20. The minimum atomic E-state index is -0.184. The normalized spacial score (nSPS) is 10.9. The first-order valence-electron chi connectivity index (χ1n) is 6.37. The summed E-state index contributed by atoms with van der Waals surface area (Å²) in [7, 11) is 1.74. The molecule has 106 valence electrons. The van der Waals surface area contributed by atoms with Crippen LogP contribution in [0.15, 0.2) is 24.3 Å². The number of aryl methyl sites for hydroxylation is 1. The van der Waals surface area contributed by atoms with Gasteiger partial charge in [-0.3, -0.25) is 4.79 Å². The van der Waals surface area contributed by atoms with E-state index in [0.29, 0.717) is 10.8 Å². The molecule has 0 bridgehead atoms. The zero-order valence-corrected chi connectivity index (χ0v) is 12.7. The van der Waals surface area contributed by atoms with Gasteiger partial charge < -0.3 is 4.90 Å². The molecular formula is C14H17ClN4O. The van der Waals surface area contributed by atoms with Crippen molar-refractivity contribution in [2.24, 2.45) is 0 Å². The lowest BCUT2D eigenvalue weighted by molar-refractivity contribution is 0.0742. The predicted molar refractivity (Wildman–Crippen MR) is 78.3 cm³/mol. The summed E-state index contributed by atoms with van der Waals surface area (Å²) in [6, 6.07) is 7.33. The molecule has 0 unspecified atom stereocenters. The van der Waals surface area contributed by atoms with Gasteiger partial charge in [0.05, 0.1) is 5.69 Å². The summed E-state index contributed by atoms with van der Waals surface area (Å²) in [4.78, 5) is 18.1. The molecule has 0 aliphatic heterocycles. The molecule has 0 saturated carbocycles. The Balaban J connectivity index is 2.35. The maximum Gasteiger partial charge on any atom is 0.293 e. The summed E-state index contributed by atoms with van der Waals surface area (Å²) in [5, 5.41) is 4.94. The summed E-state index contributed by atoms with van der Waals surface area (Å²) in [6.45, 7) is 5.70. The van der Waals surface area contributed by atoms with Crippen molar-refractivity contribution in [1.29, 1.82) is 0 Å². The number of aromatic nitrogens is 3. The van der Waals surface area contributed by atoms with E-state index in [1.165, 1.54) is 0 Å². The molecule has 0 N–H and O–H groups in total. The number of hydrogen-bond donors (Lipinski definition) is 0. The molecule has 0 fully saturated rings. The lowest BCUT2D eigenvalue weighted by Crippen LogP contribution is -2.33. The second-order valence-electron chi connectivity index (χ2n) is 4.88. The van der Waals surface area contributed by atoms with Crippen LogP contribution in [-0.4, -0.2) is 38.7 Å². The third-order valence-corrected chi connectivity index (χ3v) is 3.38. The van der Waals surface area contributed by atoms with E-state index < -0.39 is 0 Å². The molecular weight excluding hydrogens is 276 g/mol. The van der Waals surface area contributed by atoms with Gasteiger partial charge >= 0.3 is 0 Å². The lowest BCUT2D eigenvalue weighted by Gasteiger charge is -2.19. The number of carbonyl (C=O) groups excluding carboxylic acids is 1. The molecule has 0 spiro atoms. The van der Waals surface area contributed by atoms with Crippen LogP contribution in [0.5, 0.6) is 0 Å². The van der Waals surface area contributed by atoms with E-state index in [1.54, 1.807) is 28.8 Å². The zero-order valence-electron chi connectivity index (χ0n) is 12.0. The van der Waals surface area contributed by atoms with Gasteiger partial charge in [-0.25, -0.2) is 9.67 Å². The Bertz CT molecular complexity index is 619. The monoisotopic (exact) mass is 292 g/mol. The van der Waals surface area contributed by atoms with Crippen LogP contribution in [-0.2, 0) is 0 Å². The summed E-state index contributed by atoms with van der Waals surface area (Å²) in [5.74, 6) is 0.678. The number of benzene rings is 1. The van der Waals surface area contributed by atoms with Gasteiger partial charge in [-0.15, -0.1) is 5.10 Å². The Hall–Kier alpha value is -1.88. The highest BCUT2D eigenvalue weighted by atomic mass is 35.5. The minimum absolute atomic E-state index is 0.102. The van der Waals surface area contributed by atoms with Crippen LogP contribution in [0.4, 0.5) is 0 Å². The number of nitrogens with zero attached hydrogens (tertiary/aromatic N) is 4. The average molecular weight is 293 g/mol. The Morgan fingerprint density at radius 1 is 1.30 bits per heavy atom. The Morgan fingerprint density at radius 2 is 1.90 bits per heavy atom. The largest absolute Gasteiger partial charge is 0.337 e. The third kappa shape index (κ3) is 2.82. The first-order chi connectivity index (χ1) is 9.40. The van der Waals surface area contributed by atoms with Crippen LogP contribution in [0.1, 0.15) is 30.3 Å². The topological polar surface area (TPSA) is 51.0 Å². The van der Waals surface area contributed by atoms with E-state index >= 15 is 0 Å². The van der Waals surface area contributed by atoms with Gasteiger partial charge in [0.15, 0.2) is 0 Å². The van der Waals surface area contributed by atoms with Gasteiger partial charge in [0.1, 0.15) is 5.82 Å². The number of amides is 1. The van der Waals surface area contributed by atoms with Gasteiger partial charge in [0, 0.05) is 18.1 Å². The quantitative estimate of drug-likeness (QED) is 0.874. The maximum absolute atomic E-state index is 12.2. The fourth-order valence-corrected chi connectivity index (χ4v) is 1.83. The fourth-order valence-electron chi connectivity index (χ4n) is 1.70. The van der Waals surface area contributed by atoms with Crippen molar-refractivity contribution in [2.75, 3.05) is 7.05 Å². The molecule has 2 aromatic rings. The minimum Gasteiger partial charge on any atom is -0.337 e. The van der Waals surface area contributed by atoms with Gasteiger partial charge in [-0.1, -0.05) is 11.6 Å². The van der Waals surface area contributed by atoms with Gasteiger partial charge in [0.2, 0.25) is 5.82 Å². The first-order valence-corrected chi connectivity index (χ1v) is 6.74. The van der Waals surface area contributed by atoms with Gasteiger partial charge in [-0.2, -0.15) is 0 Å². The average Bonchev–Trinajstić information content (AvgIpc) is 2.80. The first kappa shape index (κ1) is 14.5. The highest BCUT2D eigenvalue weighted by molar-refractivity contribution is 6.30. The molecule has 0 radical (unpaired) electrons. The van der Waals surface area contributed by atoms with E-state index in [2.05, 4.69) is 10.1 Å². The van der Waals surface area contributed by atoms with Crippen LogP contribution in [0.2, 0.25) is 5.02 Å². The van der Waals surface area contributed by atoms with Crippen LogP contribution in [0, 0.1) is 6.92 Å². The SMILES string of the molecule is Cc1nc(C(=O)N(C)C(C)C)nn1-c1ccc(Cl)cc1. The van der Waals surface area contributed by atoms with Crippen LogP contribution in [0.3, 0.4) is 0 Å². The second kappa shape index (κ2) is 5.63. The van der Waals surface area contributed by atoms with Crippen molar-refractivity contribution in [1.82, 2.24) is 19.7 Å². The summed E-state index contributed by atoms with van der Waals surface area (Å²) >= 11 is 5.86. The summed E-state index contributed by atoms with van der Waals surface area (Å²) < 4.78 is 1.64. The van der Waals surface area contributed by atoms with Crippen molar-refractivity contribution in [3.05, 3.63) is 40.9 Å². The predicted octanol–water partition coefficient (Wildman–Crippen LogP) is 2.71. The second-order valence-corrected chi connectivity index (χ2v) is 5.32. The smallest absolute Gasteiger partial charge is 0.293 e. The number of carbonyl (C=O) groups is 1. The van der Waals surface area contributed by atoms with Crippen LogP contribution in [0.25, 0.3) is 5.69 Å². The Labute approximate surface area is 123 Å². The van der Waals surface area contributed by atoms with Crippen LogP contribution >= 0.6 is 11.6 Å². The van der Waals surface area contributed by atoms with Crippen molar-refractivity contribution in [2.45, 2.75) is 26.8 Å². The fraction of sp³-hybridized carbons (Fsp3) is 0.357. The van der Waals surface area contributed by atoms with E-state index in [0.717, 1.165) is 5.69 Å². The molecule has 1 aromatic carbocycles. The molecule has 1 aromatic heterocycles. The molecule has 1 amide bonds. The number of rotatable bonds is 3. The maximum atomic E-state index is 12.2. The summed E-state index contributed by atoms with van der Waals surface area (Å²) in [6.07, 6.45) is 0. The molecule has 1 heterocycles. The van der Waals surface area contributed by atoms with Crippen molar-refractivity contribution >= 4 is 17.5 Å². The molecule has 6 heteroatoms. The van der Waals surface area contributed by atoms with E-state index in [4.69, 9.17) is 11.6 Å². The Morgan fingerprint density at radius 3 is 2.45 bits per heavy atom. The molecule has 2 rings (SSSR count). The molecule has 0 aliphatic rings. The molecule has 20 heavy (non-hydrogen) atoms. The molecule has 5 nitrogen and oxygen atoms in total. The molecule has 0 atom stereocenters. The summed E-state index contributed by atoms with van der Waals surface area (Å²) in [5.41, 5.74) is 0.825. The van der Waals surface area contributed by atoms with Crippen LogP contribution < -0.4 is 0 Å². The Kier molecular flexibility index (Phi) is 4.09. The molecule has 0 aliphatic carbocycles. The third-order valence-electron chi connectivity index (χ3n) is 3.13. The van der Waals surface area contributed by atoms with E-state index in [9.17, 15) is 4.79 Å². The van der Waals surface area contributed by atoms with Crippen molar-refractivity contribution < 1.29 is 4.79 Å². The van der Waals surface area contributed by atoms with Crippen molar-refractivity contribution in [3.63, 3.8) is 0 Å². The van der Waals surface area contributed by atoms with Gasteiger partial charge in [0.25, 0.3) is 5.91 Å². The highest BCUT2D eigenvalue weighted by Crippen LogP contribution is 2.14.